The monoisotopic (exact) mass is 378 g/mol. The summed E-state index contributed by atoms with van der Waals surface area (Å²) in [4.78, 5) is 41.5. The third kappa shape index (κ3) is 19.1. The average Bonchev–Trinajstić information content (AvgIpc) is 2.47. The fraction of sp³-hybridized carbons (Fsp3) is 0.889. The van der Waals surface area contributed by atoms with Crippen LogP contribution in [-0.2, 0) is 39.2 Å². The van der Waals surface area contributed by atoms with Crippen LogP contribution in [0.1, 0.15) is 92.9 Å². The Morgan fingerprint density at radius 3 is 1.19 bits per heavy atom. The molecule has 0 amide bonds. The largest absolute Gasteiger partial charge is 0.345 e. The van der Waals surface area contributed by atoms with Gasteiger partial charge in [-0.3, -0.25) is 9.78 Å². The van der Waals surface area contributed by atoms with E-state index in [1.807, 2.05) is 0 Å². The Labute approximate surface area is 156 Å². The summed E-state index contributed by atoms with van der Waals surface area (Å²) in [5, 5.41) is 8.85. The van der Waals surface area contributed by atoms with Gasteiger partial charge in [-0.2, -0.15) is 9.78 Å². The minimum atomic E-state index is -0.529. The summed E-state index contributed by atoms with van der Waals surface area (Å²) in [7, 11) is 0. The van der Waals surface area contributed by atoms with E-state index in [2.05, 4.69) is 19.9 Å². The van der Waals surface area contributed by atoms with E-state index in [4.69, 9.17) is 9.78 Å². The summed E-state index contributed by atoms with van der Waals surface area (Å²) in [6, 6.07) is 0. The van der Waals surface area contributed by atoms with E-state index in [1.54, 1.807) is 41.5 Å². The molecule has 8 heteroatoms. The molecule has 0 saturated carbocycles. The van der Waals surface area contributed by atoms with Crippen LogP contribution >= 0.6 is 0 Å². The first kappa shape index (κ1) is 24.8. The van der Waals surface area contributed by atoms with E-state index in [1.165, 1.54) is 0 Å². The molecular formula is C18H34O8. The number of unbranched alkanes of at least 4 members (excludes halogenated alkanes) is 5. The smallest absolute Gasteiger partial charge is 0.269 e. The van der Waals surface area contributed by atoms with Gasteiger partial charge in [0, 0.05) is 12.8 Å². The summed E-state index contributed by atoms with van der Waals surface area (Å²) >= 11 is 0. The zero-order valence-corrected chi connectivity index (χ0v) is 16.9. The Bertz CT molecular complexity index is 357. The lowest BCUT2D eigenvalue weighted by Crippen LogP contribution is -2.20. The fourth-order valence-corrected chi connectivity index (χ4v) is 1.64. The Hall–Kier alpha value is -1.22. The van der Waals surface area contributed by atoms with Crippen molar-refractivity contribution in [1.82, 2.24) is 0 Å². The van der Waals surface area contributed by atoms with Gasteiger partial charge in [-0.15, -0.1) is 0 Å². The summed E-state index contributed by atoms with van der Waals surface area (Å²) in [6.45, 7) is 10.7. The van der Waals surface area contributed by atoms with E-state index >= 15 is 0 Å². The minimum Gasteiger partial charge on any atom is -0.269 e. The number of rotatable bonds is 13. The van der Waals surface area contributed by atoms with Gasteiger partial charge in [0.25, 0.3) is 0 Å². The van der Waals surface area contributed by atoms with Crippen LogP contribution in [0.25, 0.3) is 0 Å². The Balaban J connectivity index is 3.40. The zero-order chi connectivity index (χ0) is 20.1. The van der Waals surface area contributed by atoms with Crippen molar-refractivity contribution in [2.24, 2.45) is 0 Å². The van der Waals surface area contributed by atoms with Gasteiger partial charge in [-0.1, -0.05) is 25.7 Å². The molecule has 0 aromatic heterocycles. The van der Waals surface area contributed by atoms with E-state index < -0.39 is 23.1 Å². The molecule has 0 aromatic rings. The SMILES string of the molecule is CC(C)(C)OOOC(=O)CCCCCCCCC(=O)OOOC(C)(C)C. The van der Waals surface area contributed by atoms with Crippen molar-refractivity contribution < 1.29 is 39.2 Å². The van der Waals surface area contributed by atoms with Crippen molar-refractivity contribution in [3.63, 3.8) is 0 Å². The summed E-state index contributed by atoms with van der Waals surface area (Å²) in [6.07, 6.45) is 5.77. The van der Waals surface area contributed by atoms with Crippen molar-refractivity contribution in [3.8, 4) is 0 Å². The molecule has 154 valence electrons. The van der Waals surface area contributed by atoms with E-state index in [0.29, 0.717) is 0 Å². The molecular weight excluding hydrogens is 344 g/mol. The lowest BCUT2D eigenvalue weighted by atomic mass is 10.1. The van der Waals surface area contributed by atoms with Crippen LogP contribution < -0.4 is 0 Å². The van der Waals surface area contributed by atoms with Crippen molar-refractivity contribution in [1.29, 1.82) is 0 Å². The Kier molecular flexibility index (Phi) is 12.4. The molecule has 0 saturated heterocycles. The molecule has 0 fully saturated rings. The van der Waals surface area contributed by atoms with Gasteiger partial charge in [0.1, 0.15) is 0 Å². The Morgan fingerprint density at radius 1 is 0.577 bits per heavy atom. The minimum absolute atomic E-state index is 0.283. The highest BCUT2D eigenvalue weighted by Gasteiger charge is 2.15. The van der Waals surface area contributed by atoms with Gasteiger partial charge in [0.2, 0.25) is 0 Å². The number of carbonyl (C=O) groups is 2. The first-order valence-corrected chi connectivity index (χ1v) is 9.10. The van der Waals surface area contributed by atoms with Crippen LogP contribution in [0.5, 0.6) is 0 Å². The zero-order valence-electron chi connectivity index (χ0n) is 16.9. The molecule has 26 heavy (non-hydrogen) atoms. The van der Waals surface area contributed by atoms with E-state index in [-0.39, 0.29) is 12.8 Å². The highest BCUT2D eigenvalue weighted by molar-refractivity contribution is 5.68. The normalized spacial score (nSPS) is 12.1. The molecule has 8 nitrogen and oxygen atoms in total. The van der Waals surface area contributed by atoms with Crippen LogP contribution in [-0.4, -0.2) is 23.1 Å². The second kappa shape index (κ2) is 13.0. The van der Waals surface area contributed by atoms with Crippen molar-refractivity contribution in [3.05, 3.63) is 0 Å². The molecule has 0 spiro atoms. The molecule has 0 bridgehead atoms. The maximum absolute atomic E-state index is 11.4. The lowest BCUT2D eigenvalue weighted by Gasteiger charge is -2.15. The third-order valence-corrected chi connectivity index (χ3v) is 2.83. The van der Waals surface area contributed by atoms with Gasteiger partial charge in [-0.25, -0.2) is 9.59 Å². The van der Waals surface area contributed by atoms with Gasteiger partial charge >= 0.3 is 11.9 Å². The van der Waals surface area contributed by atoms with Gasteiger partial charge < -0.3 is 0 Å². The maximum atomic E-state index is 11.4. The van der Waals surface area contributed by atoms with Gasteiger partial charge in [-0.05, 0) is 64.5 Å². The van der Waals surface area contributed by atoms with Gasteiger partial charge in [0.15, 0.2) is 0 Å². The van der Waals surface area contributed by atoms with E-state index in [0.717, 1.165) is 38.5 Å². The van der Waals surface area contributed by atoms with Crippen molar-refractivity contribution >= 4 is 11.9 Å². The first-order chi connectivity index (χ1) is 12.0. The lowest BCUT2D eigenvalue weighted by molar-refractivity contribution is -0.514. The quantitative estimate of drug-likeness (QED) is 0.262. The highest BCUT2D eigenvalue weighted by Crippen LogP contribution is 2.12. The predicted molar refractivity (Wildman–Crippen MR) is 93.0 cm³/mol. The maximum Gasteiger partial charge on any atom is 0.345 e. The van der Waals surface area contributed by atoms with Gasteiger partial charge in [0.05, 0.1) is 11.2 Å². The first-order valence-electron chi connectivity index (χ1n) is 9.10. The van der Waals surface area contributed by atoms with Crippen LogP contribution in [0.15, 0.2) is 0 Å². The molecule has 0 aromatic carbocycles. The van der Waals surface area contributed by atoms with Crippen LogP contribution in [0.3, 0.4) is 0 Å². The van der Waals surface area contributed by atoms with Crippen molar-refractivity contribution in [2.45, 2.75) is 104 Å². The molecule has 0 aliphatic rings. The molecule has 0 heterocycles. The van der Waals surface area contributed by atoms with Crippen LogP contribution in [0.4, 0.5) is 0 Å². The average molecular weight is 378 g/mol. The molecule has 0 N–H and O–H groups in total. The second-order valence-corrected chi connectivity index (χ2v) is 8.06. The summed E-state index contributed by atoms with van der Waals surface area (Å²) in [5.41, 5.74) is -1.06. The predicted octanol–water partition coefficient (Wildman–Crippen LogP) is 4.52. The number of hydrogen-bond acceptors (Lipinski definition) is 8. The standard InChI is InChI=1S/C18H34O8/c1-17(2,3)23-25-21-15(19)13-11-9-7-8-10-12-14-16(20)22-26-24-18(4,5)6/h7-14H2,1-6H3. The molecule has 0 atom stereocenters. The summed E-state index contributed by atoms with van der Waals surface area (Å²) in [5.74, 6) is -0.899. The van der Waals surface area contributed by atoms with Crippen molar-refractivity contribution in [2.75, 3.05) is 0 Å². The number of hydrogen-bond donors (Lipinski definition) is 0. The fourth-order valence-electron chi connectivity index (χ4n) is 1.64. The Morgan fingerprint density at radius 2 is 0.885 bits per heavy atom. The summed E-state index contributed by atoms with van der Waals surface area (Å²) < 4.78 is 0. The van der Waals surface area contributed by atoms with Crippen LogP contribution in [0.2, 0.25) is 0 Å². The molecule has 0 aliphatic carbocycles. The van der Waals surface area contributed by atoms with Crippen LogP contribution in [0, 0.1) is 0 Å². The molecule has 0 radical (unpaired) electrons. The van der Waals surface area contributed by atoms with E-state index in [9.17, 15) is 9.59 Å². The molecule has 0 aliphatic heterocycles. The second-order valence-electron chi connectivity index (χ2n) is 8.06. The molecule has 0 unspecified atom stereocenters. The highest BCUT2D eigenvalue weighted by atomic mass is 17.5. The topological polar surface area (TPSA) is 89.5 Å². The number of carbonyl (C=O) groups excluding carboxylic acids is 2. The third-order valence-electron chi connectivity index (χ3n) is 2.83. The molecule has 0 rings (SSSR count).